The molecule has 1 N–H and O–H groups in total. The number of aromatic hydroxyl groups is 1. The molecule has 1 atom stereocenters. The summed E-state index contributed by atoms with van der Waals surface area (Å²) in [5.74, 6) is 1.12. The van der Waals surface area contributed by atoms with E-state index >= 15 is 0 Å². The Hall–Kier alpha value is -2.44. The van der Waals surface area contributed by atoms with E-state index in [2.05, 4.69) is 46.1 Å². The molecule has 31 heavy (non-hydrogen) atoms. The molecule has 6 heteroatoms. The lowest BCUT2D eigenvalue weighted by Crippen LogP contribution is -2.41. The van der Waals surface area contributed by atoms with E-state index in [9.17, 15) is 5.11 Å². The van der Waals surface area contributed by atoms with Crippen LogP contribution in [0.15, 0.2) is 36.4 Å². The molecule has 0 spiro atoms. The second-order valence-electron chi connectivity index (χ2n) is 8.70. The van der Waals surface area contributed by atoms with Crippen molar-refractivity contribution >= 4 is 11.9 Å². The van der Waals surface area contributed by atoms with E-state index in [0.29, 0.717) is 23.3 Å². The third-order valence-electron chi connectivity index (χ3n) is 6.62. The number of hydrogen-bond acceptors (Lipinski definition) is 6. The number of rotatable bonds is 6. The summed E-state index contributed by atoms with van der Waals surface area (Å²) < 4.78 is 5.42. The van der Waals surface area contributed by atoms with Crippen molar-refractivity contribution in [1.29, 1.82) is 0 Å². The van der Waals surface area contributed by atoms with Crippen LogP contribution in [-0.4, -0.2) is 65.6 Å². The van der Waals surface area contributed by atoms with Crippen LogP contribution in [0.5, 0.6) is 5.75 Å². The second-order valence-corrected chi connectivity index (χ2v) is 8.70. The molecule has 1 aromatic heterocycles. The minimum Gasteiger partial charge on any atom is -0.507 e. The molecule has 1 aliphatic heterocycles. The van der Waals surface area contributed by atoms with Gasteiger partial charge >= 0.3 is 0 Å². The summed E-state index contributed by atoms with van der Waals surface area (Å²) >= 11 is 0. The van der Waals surface area contributed by atoms with Crippen LogP contribution in [0.25, 0.3) is 17.3 Å². The molecule has 4 rings (SSSR count). The highest BCUT2D eigenvalue weighted by Gasteiger charge is 2.20. The first-order valence-electron chi connectivity index (χ1n) is 11.5. The van der Waals surface area contributed by atoms with Gasteiger partial charge in [-0.1, -0.05) is 37.5 Å². The topological polar surface area (TPSA) is 61.7 Å². The maximum absolute atomic E-state index is 10.6. The Morgan fingerprint density at radius 3 is 2.55 bits per heavy atom. The standard InChI is InChI=1S/C25H34N4O2/c1-19(29-14-16-31-17-15-29)8-9-20-10-11-22(24(30)18-20)23-12-13-25(27-26-23)28(2)21-6-4-3-5-7-21/h8-13,18-19,21,30H,3-7,14-17H2,1-2H3/b9-8+. The molecule has 2 aliphatic rings. The van der Waals surface area contributed by atoms with Crippen molar-refractivity contribution in [2.45, 2.75) is 51.1 Å². The van der Waals surface area contributed by atoms with Crippen molar-refractivity contribution < 1.29 is 9.84 Å². The maximum Gasteiger partial charge on any atom is 0.151 e. The maximum atomic E-state index is 10.6. The molecule has 1 saturated carbocycles. The Balaban J connectivity index is 1.42. The lowest BCUT2D eigenvalue weighted by molar-refractivity contribution is 0.0288. The fourth-order valence-corrected chi connectivity index (χ4v) is 4.54. The van der Waals surface area contributed by atoms with Gasteiger partial charge in [-0.3, -0.25) is 4.90 Å². The molecule has 0 radical (unpaired) electrons. The van der Waals surface area contributed by atoms with Crippen LogP contribution in [-0.2, 0) is 4.74 Å². The Bertz CT molecular complexity index is 872. The summed E-state index contributed by atoms with van der Waals surface area (Å²) in [7, 11) is 2.11. The highest BCUT2D eigenvalue weighted by atomic mass is 16.5. The quantitative estimate of drug-likeness (QED) is 0.747. The average molecular weight is 423 g/mol. The van der Waals surface area contributed by atoms with Gasteiger partial charge in [0.2, 0.25) is 0 Å². The second kappa shape index (κ2) is 10.2. The third-order valence-corrected chi connectivity index (χ3v) is 6.62. The summed E-state index contributed by atoms with van der Waals surface area (Å²) in [4.78, 5) is 4.65. The number of benzene rings is 1. The highest BCUT2D eigenvalue weighted by molar-refractivity contribution is 5.70. The first-order chi connectivity index (χ1) is 15.1. The van der Waals surface area contributed by atoms with Gasteiger partial charge in [0, 0.05) is 37.8 Å². The van der Waals surface area contributed by atoms with Crippen molar-refractivity contribution in [3.8, 4) is 17.0 Å². The van der Waals surface area contributed by atoms with Gasteiger partial charge in [-0.05, 0) is 49.6 Å². The molecule has 166 valence electrons. The fourth-order valence-electron chi connectivity index (χ4n) is 4.54. The Kier molecular flexibility index (Phi) is 7.20. The predicted molar refractivity (Wildman–Crippen MR) is 125 cm³/mol. The van der Waals surface area contributed by atoms with E-state index in [1.807, 2.05) is 24.3 Å². The van der Waals surface area contributed by atoms with Crippen LogP contribution in [0.3, 0.4) is 0 Å². The lowest BCUT2D eigenvalue weighted by Gasteiger charge is -2.31. The summed E-state index contributed by atoms with van der Waals surface area (Å²) in [6.45, 7) is 5.70. The number of aromatic nitrogens is 2. The number of morpholine rings is 1. The van der Waals surface area contributed by atoms with Gasteiger partial charge in [0.15, 0.2) is 5.82 Å². The Morgan fingerprint density at radius 2 is 1.87 bits per heavy atom. The van der Waals surface area contributed by atoms with Crippen molar-refractivity contribution in [2.75, 3.05) is 38.3 Å². The predicted octanol–water partition coefficient (Wildman–Crippen LogP) is 4.35. The Labute approximate surface area is 185 Å². The fraction of sp³-hybridized carbons (Fsp3) is 0.520. The number of phenolic OH excluding ortho intramolecular Hbond substituents is 1. The normalized spacial score (nSPS) is 19.5. The van der Waals surface area contributed by atoms with Crippen LogP contribution in [0.4, 0.5) is 5.82 Å². The van der Waals surface area contributed by atoms with Gasteiger partial charge in [-0.2, -0.15) is 0 Å². The zero-order chi connectivity index (χ0) is 21.6. The molecule has 1 unspecified atom stereocenters. The summed E-state index contributed by atoms with van der Waals surface area (Å²) in [5.41, 5.74) is 2.37. The molecule has 1 aliphatic carbocycles. The number of anilines is 1. The molecule has 6 nitrogen and oxygen atoms in total. The average Bonchev–Trinajstić information content (AvgIpc) is 2.83. The minimum absolute atomic E-state index is 0.226. The molecular weight excluding hydrogens is 388 g/mol. The van der Waals surface area contributed by atoms with Crippen LogP contribution in [0.2, 0.25) is 0 Å². The van der Waals surface area contributed by atoms with E-state index in [0.717, 1.165) is 37.7 Å². The van der Waals surface area contributed by atoms with Crippen LogP contribution < -0.4 is 4.90 Å². The number of nitrogens with zero attached hydrogens (tertiary/aromatic N) is 4. The first-order valence-corrected chi connectivity index (χ1v) is 11.5. The van der Waals surface area contributed by atoms with Gasteiger partial charge < -0.3 is 14.7 Å². The zero-order valence-electron chi connectivity index (χ0n) is 18.7. The van der Waals surface area contributed by atoms with Crippen LogP contribution in [0, 0.1) is 0 Å². The van der Waals surface area contributed by atoms with E-state index in [1.54, 1.807) is 6.07 Å². The summed E-state index contributed by atoms with van der Waals surface area (Å²) in [6.07, 6.45) is 10.6. The molecule has 2 fully saturated rings. The molecule has 0 bridgehead atoms. The zero-order valence-corrected chi connectivity index (χ0v) is 18.7. The Morgan fingerprint density at radius 1 is 1.10 bits per heavy atom. The third kappa shape index (κ3) is 5.43. The van der Waals surface area contributed by atoms with Crippen LogP contribution in [0.1, 0.15) is 44.6 Å². The lowest BCUT2D eigenvalue weighted by atomic mass is 9.94. The van der Waals surface area contributed by atoms with Crippen molar-refractivity contribution in [1.82, 2.24) is 15.1 Å². The van der Waals surface area contributed by atoms with Crippen molar-refractivity contribution in [3.63, 3.8) is 0 Å². The van der Waals surface area contributed by atoms with E-state index < -0.39 is 0 Å². The molecule has 2 heterocycles. The summed E-state index contributed by atoms with van der Waals surface area (Å²) in [6, 6.07) is 10.6. The molecule has 1 saturated heterocycles. The van der Waals surface area contributed by atoms with Crippen molar-refractivity contribution in [3.05, 3.63) is 42.0 Å². The van der Waals surface area contributed by atoms with Gasteiger partial charge in [-0.15, -0.1) is 10.2 Å². The van der Waals surface area contributed by atoms with Crippen molar-refractivity contribution in [2.24, 2.45) is 0 Å². The smallest absolute Gasteiger partial charge is 0.151 e. The number of phenols is 1. The van der Waals surface area contributed by atoms with Crippen LogP contribution >= 0.6 is 0 Å². The molecule has 1 aromatic carbocycles. The minimum atomic E-state index is 0.226. The van der Waals surface area contributed by atoms with E-state index in [1.165, 1.54) is 32.1 Å². The number of hydrogen-bond donors (Lipinski definition) is 1. The first kappa shape index (κ1) is 21.8. The molecule has 0 amide bonds. The van der Waals surface area contributed by atoms with Gasteiger partial charge in [-0.25, -0.2) is 0 Å². The molecule has 2 aromatic rings. The highest BCUT2D eigenvalue weighted by Crippen LogP contribution is 2.30. The van der Waals surface area contributed by atoms with Gasteiger partial charge in [0.1, 0.15) is 5.75 Å². The largest absolute Gasteiger partial charge is 0.507 e. The van der Waals surface area contributed by atoms with Gasteiger partial charge in [0.25, 0.3) is 0 Å². The van der Waals surface area contributed by atoms with Gasteiger partial charge in [0.05, 0.1) is 18.9 Å². The summed E-state index contributed by atoms with van der Waals surface area (Å²) in [5, 5.41) is 19.4. The van der Waals surface area contributed by atoms with E-state index in [-0.39, 0.29) is 5.75 Å². The molecular formula is C25H34N4O2. The van der Waals surface area contributed by atoms with E-state index in [4.69, 9.17) is 4.74 Å². The SMILES string of the molecule is CC(/C=C/c1ccc(-c2ccc(N(C)C3CCCCC3)nn2)c(O)c1)N1CCOCC1. The monoisotopic (exact) mass is 422 g/mol. The number of ether oxygens (including phenoxy) is 1.